The van der Waals surface area contributed by atoms with Gasteiger partial charge in [-0.15, -0.1) is 0 Å². The molecule has 3 amide bonds. The molecule has 32 heavy (non-hydrogen) atoms. The van der Waals surface area contributed by atoms with Crippen LogP contribution in [0, 0.1) is 0 Å². The molecule has 1 atom stereocenters. The monoisotopic (exact) mass is 462 g/mol. The van der Waals surface area contributed by atoms with Crippen molar-refractivity contribution in [2.75, 3.05) is 0 Å². The van der Waals surface area contributed by atoms with Crippen LogP contribution in [0.2, 0.25) is 0 Å². The highest BCUT2D eigenvalue weighted by Gasteiger charge is 2.31. The van der Waals surface area contributed by atoms with Crippen LogP contribution < -0.4 is 10.6 Å². The number of imidazole rings is 1. The van der Waals surface area contributed by atoms with E-state index in [0.29, 0.717) is 17.2 Å². The number of nitrogens with zero attached hydrogens (tertiary/aromatic N) is 2. The predicted molar refractivity (Wildman–Crippen MR) is 115 cm³/mol. The molecule has 1 saturated carbocycles. The molecule has 1 fully saturated rings. The van der Waals surface area contributed by atoms with E-state index in [1.54, 1.807) is 11.5 Å². The first-order valence-electron chi connectivity index (χ1n) is 10.1. The Morgan fingerprint density at radius 3 is 2.56 bits per heavy atom. The summed E-state index contributed by atoms with van der Waals surface area (Å²) >= 11 is 1.09. The molecule has 2 N–H and O–H groups in total. The van der Waals surface area contributed by atoms with Gasteiger partial charge in [0.05, 0.1) is 28.4 Å². The molecule has 2 aromatic carbocycles. The van der Waals surface area contributed by atoms with Gasteiger partial charge in [-0.25, -0.2) is 9.78 Å². The lowest BCUT2D eigenvalue weighted by Crippen LogP contribution is -2.43. The van der Waals surface area contributed by atoms with E-state index >= 15 is 0 Å². The van der Waals surface area contributed by atoms with E-state index < -0.39 is 28.9 Å². The highest BCUT2D eigenvalue weighted by molar-refractivity contribution is 8.00. The van der Waals surface area contributed by atoms with Gasteiger partial charge in [0.15, 0.2) is 5.16 Å². The number of alkyl halides is 3. The maximum Gasteiger partial charge on any atom is 0.416 e. The lowest BCUT2D eigenvalue weighted by molar-refractivity contribution is -0.137. The van der Waals surface area contributed by atoms with Gasteiger partial charge in [0.2, 0.25) is 5.91 Å². The lowest BCUT2D eigenvalue weighted by atomic mass is 10.2. The Labute approximate surface area is 186 Å². The average Bonchev–Trinajstić information content (AvgIpc) is 3.49. The van der Waals surface area contributed by atoms with Crippen LogP contribution in [-0.4, -0.2) is 32.8 Å². The molecule has 168 valence electrons. The van der Waals surface area contributed by atoms with Gasteiger partial charge in [0.25, 0.3) is 0 Å². The number of nitrogens with one attached hydrogen (secondary N) is 2. The molecule has 1 heterocycles. The summed E-state index contributed by atoms with van der Waals surface area (Å²) in [6.07, 6.45) is -2.68. The van der Waals surface area contributed by atoms with E-state index in [0.717, 1.165) is 42.3 Å². The fraction of sp³-hybridized carbons (Fsp3) is 0.318. The zero-order valence-electron chi connectivity index (χ0n) is 17.1. The standard InChI is InChI=1S/C22H21F3N4O2S/c1-13(19(30)28-20(31)26-16-8-9-16)32-21-27-17-11-15(22(23,24)25)7-10-18(17)29(21)12-14-5-3-2-4-6-14/h2-7,10-11,13,16H,8-9,12H2,1H3,(H2,26,28,30,31). The summed E-state index contributed by atoms with van der Waals surface area (Å²) in [5.74, 6) is -0.498. The number of aromatic nitrogens is 2. The van der Waals surface area contributed by atoms with Gasteiger partial charge in [-0.2, -0.15) is 13.2 Å². The second-order valence-electron chi connectivity index (χ2n) is 7.66. The summed E-state index contributed by atoms with van der Waals surface area (Å²) in [6.45, 7) is 2.00. The van der Waals surface area contributed by atoms with Crippen LogP contribution in [0.3, 0.4) is 0 Å². The first-order valence-corrected chi connectivity index (χ1v) is 11.0. The van der Waals surface area contributed by atoms with Crippen LogP contribution in [0.25, 0.3) is 11.0 Å². The molecular formula is C22H21F3N4O2S. The van der Waals surface area contributed by atoms with Crippen LogP contribution in [0.1, 0.15) is 30.9 Å². The fourth-order valence-electron chi connectivity index (χ4n) is 3.17. The minimum atomic E-state index is -4.48. The van der Waals surface area contributed by atoms with E-state index in [2.05, 4.69) is 15.6 Å². The number of amides is 3. The number of halogens is 3. The SMILES string of the molecule is CC(Sc1nc2cc(C(F)(F)F)ccc2n1Cc1ccccc1)C(=O)NC(=O)NC1CC1. The summed E-state index contributed by atoms with van der Waals surface area (Å²) < 4.78 is 41.3. The van der Waals surface area contributed by atoms with Crippen molar-refractivity contribution in [3.8, 4) is 0 Å². The summed E-state index contributed by atoms with van der Waals surface area (Å²) in [6, 6.07) is 12.4. The van der Waals surface area contributed by atoms with Crippen molar-refractivity contribution >= 4 is 34.7 Å². The topological polar surface area (TPSA) is 76.0 Å². The first-order chi connectivity index (χ1) is 15.2. The number of carbonyl (C=O) groups is 2. The Morgan fingerprint density at radius 2 is 1.91 bits per heavy atom. The van der Waals surface area contributed by atoms with Crippen LogP contribution in [0.5, 0.6) is 0 Å². The molecule has 3 aromatic rings. The number of fused-ring (bicyclic) bond motifs is 1. The van der Waals surface area contributed by atoms with Crippen molar-refractivity contribution in [3.05, 3.63) is 59.7 Å². The van der Waals surface area contributed by atoms with E-state index in [4.69, 9.17) is 0 Å². The molecule has 0 saturated heterocycles. The van der Waals surface area contributed by atoms with Crippen molar-refractivity contribution < 1.29 is 22.8 Å². The van der Waals surface area contributed by atoms with Gasteiger partial charge in [0.1, 0.15) is 0 Å². The Hall–Kier alpha value is -3.01. The van der Waals surface area contributed by atoms with Gasteiger partial charge < -0.3 is 9.88 Å². The summed E-state index contributed by atoms with van der Waals surface area (Å²) in [5, 5.41) is 4.70. The third kappa shape index (κ3) is 5.24. The maximum atomic E-state index is 13.2. The molecule has 1 aromatic heterocycles. The molecule has 1 aliphatic carbocycles. The second-order valence-corrected chi connectivity index (χ2v) is 8.97. The fourth-order valence-corrected chi connectivity index (χ4v) is 4.09. The van der Waals surface area contributed by atoms with Gasteiger partial charge in [0, 0.05) is 6.04 Å². The van der Waals surface area contributed by atoms with Crippen molar-refractivity contribution in [3.63, 3.8) is 0 Å². The zero-order chi connectivity index (χ0) is 22.9. The summed E-state index contributed by atoms with van der Waals surface area (Å²) in [7, 11) is 0. The van der Waals surface area contributed by atoms with Gasteiger partial charge >= 0.3 is 12.2 Å². The number of imide groups is 1. The van der Waals surface area contributed by atoms with Crippen molar-refractivity contribution in [2.45, 2.75) is 48.9 Å². The van der Waals surface area contributed by atoms with Crippen LogP contribution in [-0.2, 0) is 17.5 Å². The number of hydrogen-bond acceptors (Lipinski definition) is 4. The molecule has 0 radical (unpaired) electrons. The Bertz CT molecular complexity index is 1140. The summed E-state index contributed by atoms with van der Waals surface area (Å²) in [5.41, 5.74) is 0.878. The van der Waals surface area contributed by atoms with Gasteiger partial charge in [-0.1, -0.05) is 42.1 Å². The Balaban J connectivity index is 1.61. The maximum absolute atomic E-state index is 13.2. The van der Waals surface area contributed by atoms with E-state index in [1.165, 1.54) is 6.07 Å². The van der Waals surface area contributed by atoms with Crippen molar-refractivity contribution in [1.29, 1.82) is 0 Å². The third-order valence-corrected chi connectivity index (χ3v) is 6.11. The Kier molecular flexibility index (Phi) is 6.14. The number of benzene rings is 2. The lowest BCUT2D eigenvalue weighted by Gasteiger charge is -2.13. The smallest absolute Gasteiger partial charge is 0.335 e. The van der Waals surface area contributed by atoms with Gasteiger partial charge in [-0.05, 0) is 43.5 Å². The van der Waals surface area contributed by atoms with Gasteiger partial charge in [-0.3, -0.25) is 10.1 Å². The molecule has 0 bridgehead atoms. The number of carbonyl (C=O) groups excluding carboxylic acids is 2. The first kappa shape index (κ1) is 22.2. The number of thioether (sulfide) groups is 1. The Morgan fingerprint density at radius 1 is 1.19 bits per heavy atom. The number of urea groups is 1. The predicted octanol–water partition coefficient (Wildman–Crippen LogP) is 4.57. The normalized spacial score (nSPS) is 14.9. The molecule has 0 spiro atoms. The zero-order valence-corrected chi connectivity index (χ0v) is 18.0. The van der Waals surface area contributed by atoms with E-state index in [-0.39, 0.29) is 11.6 Å². The highest BCUT2D eigenvalue weighted by Crippen LogP contribution is 2.34. The van der Waals surface area contributed by atoms with E-state index in [9.17, 15) is 22.8 Å². The molecule has 10 heteroatoms. The molecule has 4 rings (SSSR count). The van der Waals surface area contributed by atoms with Crippen molar-refractivity contribution in [1.82, 2.24) is 20.2 Å². The van der Waals surface area contributed by atoms with Crippen LogP contribution in [0.15, 0.2) is 53.7 Å². The number of hydrogen-bond donors (Lipinski definition) is 2. The van der Waals surface area contributed by atoms with E-state index in [1.807, 2.05) is 30.3 Å². The van der Waals surface area contributed by atoms with Crippen LogP contribution in [0.4, 0.5) is 18.0 Å². The minimum absolute atomic E-state index is 0.114. The molecule has 1 aliphatic rings. The number of rotatable bonds is 6. The quantitative estimate of drug-likeness (QED) is 0.526. The largest absolute Gasteiger partial charge is 0.416 e. The average molecular weight is 462 g/mol. The molecule has 0 aliphatic heterocycles. The minimum Gasteiger partial charge on any atom is -0.335 e. The highest BCUT2D eigenvalue weighted by atomic mass is 32.2. The molecule has 6 nitrogen and oxygen atoms in total. The summed E-state index contributed by atoms with van der Waals surface area (Å²) in [4.78, 5) is 28.7. The third-order valence-electron chi connectivity index (χ3n) is 5.02. The second kappa shape index (κ2) is 8.85. The van der Waals surface area contributed by atoms with Crippen molar-refractivity contribution in [2.24, 2.45) is 0 Å². The molecule has 1 unspecified atom stereocenters. The van der Waals surface area contributed by atoms with Crippen LogP contribution >= 0.6 is 11.8 Å². The molecular weight excluding hydrogens is 441 g/mol.